The van der Waals surface area contributed by atoms with Crippen molar-refractivity contribution < 1.29 is 9.34 Å². The van der Waals surface area contributed by atoms with Crippen LogP contribution in [0.1, 0.15) is 0 Å². The molecule has 0 aromatic carbocycles. The number of rotatable bonds is 2. The zero-order valence-electron chi connectivity index (χ0n) is 7.62. The molecular weight excluding hydrogens is 204 g/mol. The van der Waals surface area contributed by atoms with Crippen molar-refractivity contribution in [3.63, 3.8) is 0 Å². The van der Waals surface area contributed by atoms with Gasteiger partial charge in [0, 0.05) is 0 Å². The molecule has 9 heteroatoms. The molecule has 0 atom stereocenters. The largest absolute Gasteiger partial charge is 0.399 e. The Morgan fingerprint density at radius 1 is 1.60 bits per heavy atom. The van der Waals surface area contributed by atoms with Gasteiger partial charge in [-0.2, -0.15) is 0 Å². The summed E-state index contributed by atoms with van der Waals surface area (Å²) in [5.74, 6) is 0.0794. The van der Waals surface area contributed by atoms with Gasteiger partial charge in [-0.15, -0.1) is 5.10 Å². The highest BCUT2D eigenvalue weighted by Crippen LogP contribution is 2.21. The Morgan fingerprint density at radius 3 is 2.80 bits per heavy atom. The number of nitrogens with zero attached hydrogens (tertiary/aromatic N) is 5. The lowest BCUT2D eigenvalue weighted by Crippen LogP contribution is -1.98. The lowest BCUT2D eigenvalue weighted by molar-refractivity contribution is -0.391. The number of hydrogen-bond acceptors (Lipinski definition) is 7. The van der Waals surface area contributed by atoms with Crippen LogP contribution in [0.3, 0.4) is 0 Å². The van der Waals surface area contributed by atoms with E-state index in [-0.39, 0.29) is 23.5 Å². The molecule has 0 aliphatic heterocycles. The van der Waals surface area contributed by atoms with E-state index in [1.807, 2.05) is 0 Å². The van der Waals surface area contributed by atoms with Crippen molar-refractivity contribution in [3.05, 3.63) is 16.3 Å². The normalized spacial score (nSPS) is 10.5. The van der Waals surface area contributed by atoms with E-state index in [9.17, 15) is 10.1 Å². The van der Waals surface area contributed by atoms with Crippen molar-refractivity contribution in [2.45, 2.75) is 0 Å². The molecule has 0 aliphatic carbocycles. The van der Waals surface area contributed by atoms with Gasteiger partial charge in [0.2, 0.25) is 0 Å². The molecule has 2 aromatic heterocycles. The van der Waals surface area contributed by atoms with Crippen LogP contribution in [-0.4, -0.2) is 24.7 Å². The Bertz CT molecular complexity index is 515. The average molecular weight is 210 g/mol. The number of imidazole rings is 1. The van der Waals surface area contributed by atoms with Crippen molar-refractivity contribution in [3.8, 4) is 11.7 Å². The van der Waals surface area contributed by atoms with Crippen LogP contribution in [-0.2, 0) is 7.05 Å². The summed E-state index contributed by atoms with van der Waals surface area (Å²) < 4.78 is 6.12. The van der Waals surface area contributed by atoms with Gasteiger partial charge < -0.3 is 20.3 Å². The van der Waals surface area contributed by atoms with Crippen LogP contribution in [0.5, 0.6) is 0 Å². The minimum absolute atomic E-state index is 0.0445. The monoisotopic (exact) mass is 210 g/mol. The molecule has 0 unspecified atom stereocenters. The first-order chi connectivity index (χ1) is 7.09. The fraction of sp³-hybridized carbons (Fsp3) is 0.167. The van der Waals surface area contributed by atoms with Crippen molar-refractivity contribution >= 4 is 11.8 Å². The van der Waals surface area contributed by atoms with Gasteiger partial charge in [0.1, 0.15) is 6.20 Å². The molecule has 0 saturated heterocycles. The first-order valence-corrected chi connectivity index (χ1v) is 3.85. The Balaban J connectivity index is 2.50. The van der Waals surface area contributed by atoms with Crippen LogP contribution in [0.4, 0.5) is 11.8 Å². The fourth-order valence-corrected chi connectivity index (χ4v) is 1.09. The predicted octanol–water partition coefficient (Wildman–Crippen LogP) is -0.0395. The maximum Gasteiger partial charge on any atom is 0.343 e. The summed E-state index contributed by atoms with van der Waals surface area (Å²) in [5.41, 5.74) is 5.22. The lowest BCUT2D eigenvalue weighted by Gasteiger charge is -1.93. The van der Waals surface area contributed by atoms with Crippen molar-refractivity contribution in [1.82, 2.24) is 19.7 Å². The van der Waals surface area contributed by atoms with E-state index in [4.69, 9.17) is 10.2 Å². The highest BCUT2D eigenvalue weighted by molar-refractivity contribution is 5.45. The highest BCUT2D eigenvalue weighted by Gasteiger charge is 2.22. The van der Waals surface area contributed by atoms with Crippen LogP contribution in [0.15, 0.2) is 10.6 Å². The fourth-order valence-electron chi connectivity index (χ4n) is 1.09. The number of nitro groups is 1. The molecule has 9 nitrogen and oxygen atoms in total. The first kappa shape index (κ1) is 9.12. The summed E-state index contributed by atoms with van der Waals surface area (Å²) in [4.78, 5) is 13.8. The van der Waals surface area contributed by atoms with Crippen LogP contribution >= 0.6 is 0 Å². The molecule has 0 bridgehead atoms. The van der Waals surface area contributed by atoms with Crippen LogP contribution < -0.4 is 5.73 Å². The zero-order chi connectivity index (χ0) is 11.0. The third-order valence-electron chi connectivity index (χ3n) is 1.78. The summed E-state index contributed by atoms with van der Waals surface area (Å²) in [6.45, 7) is 0. The molecule has 0 radical (unpaired) electrons. The van der Waals surface area contributed by atoms with Gasteiger partial charge in [-0.25, -0.2) is 9.55 Å². The van der Waals surface area contributed by atoms with E-state index in [1.165, 1.54) is 11.6 Å². The van der Waals surface area contributed by atoms with Crippen molar-refractivity contribution in [2.75, 3.05) is 5.73 Å². The van der Waals surface area contributed by atoms with Crippen LogP contribution in [0.2, 0.25) is 0 Å². The standard InChI is InChI=1S/C6H6N6O3/c1-11-3(12(13)14)2-8-4(11)5-9-10-6(7)15-5/h2H,1H3,(H2,7,10). The Kier molecular flexibility index (Phi) is 1.85. The minimum atomic E-state index is -0.559. The highest BCUT2D eigenvalue weighted by atomic mass is 16.6. The van der Waals surface area contributed by atoms with E-state index in [1.54, 1.807) is 0 Å². The van der Waals surface area contributed by atoms with E-state index in [0.29, 0.717) is 0 Å². The molecule has 2 N–H and O–H groups in total. The van der Waals surface area contributed by atoms with Gasteiger partial charge >= 0.3 is 17.7 Å². The van der Waals surface area contributed by atoms with Gasteiger partial charge in [-0.3, -0.25) is 0 Å². The molecule has 0 amide bonds. The van der Waals surface area contributed by atoms with Crippen LogP contribution in [0.25, 0.3) is 11.7 Å². The number of anilines is 1. The van der Waals surface area contributed by atoms with Crippen molar-refractivity contribution in [2.24, 2.45) is 7.05 Å². The van der Waals surface area contributed by atoms with Crippen LogP contribution in [0, 0.1) is 10.1 Å². The molecule has 0 saturated carbocycles. The smallest absolute Gasteiger partial charge is 0.343 e. The second-order valence-corrected chi connectivity index (χ2v) is 2.70. The topological polar surface area (TPSA) is 126 Å². The number of nitrogen functional groups attached to an aromatic ring is 1. The van der Waals surface area contributed by atoms with Gasteiger partial charge in [-0.1, -0.05) is 5.10 Å². The predicted molar refractivity (Wildman–Crippen MR) is 47.6 cm³/mol. The lowest BCUT2D eigenvalue weighted by atomic mass is 10.6. The Hall–Kier alpha value is -2.45. The number of hydrogen-bond donors (Lipinski definition) is 1. The second-order valence-electron chi connectivity index (χ2n) is 2.70. The summed E-state index contributed by atoms with van der Waals surface area (Å²) in [5, 5.41) is 17.5. The van der Waals surface area contributed by atoms with Crippen molar-refractivity contribution in [1.29, 1.82) is 0 Å². The van der Waals surface area contributed by atoms with E-state index in [2.05, 4.69) is 15.2 Å². The second kappa shape index (κ2) is 3.04. The summed E-state index contributed by atoms with van der Waals surface area (Å²) in [7, 11) is 1.47. The quantitative estimate of drug-likeness (QED) is 0.544. The first-order valence-electron chi connectivity index (χ1n) is 3.85. The molecular formula is C6H6N6O3. The maximum absolute atomic E-state index is 10.5. The molecule has 2 aromatic rings. The van der Waals surface area contributed by atoms with Gasteiger partial charge in [0.05, 0.1) is 7.05 Å². The molecule has 0 aliphatic rings. The SMILES string of the molecule is Cn1c([N+](=O)[O-])cnc1-c1nnc(N)o1. The summed E-state index contributed by atoms with van der Waals surface area (Å²) in [6.07, 6.45) is 1.11. The molecule has 0 spiro atoms. The molecule has 0 fully saturated rings. The third-order valence-corrected chi connectivity index (χ3v) is 1.78. The summed E-state index contributed by atoms with van der Waals surface area (Å²) in [6, 6.07) is -0.115. The van der Waals surface area contributed by atoms with E-state index >= 15 is 0 Å². The minimum Gasteiger partial charge on any atom is -0.399 e. The van der Waals surface area contributed by atoms with Gasteiger partial charge in [-0.05, 0) is 4.92 Å². The third kappa shape index (κ3) is 1.39. The molecule has 2 heterocycles. The Morgan fingerprint density at radius 2 is 2.33 bits per heavy atom. The molecule has 2 rings (SSSR count). The van der Waals surface area contributed by atoms with Gasteiger partial charge in [0.15, 0.2) is 0 Å². The average Bonchev–Trinajstić information content (AvgIpc) is 2.71. The van der Waals surface area contributed by atoms with E-state index in [0.717, 1.165) is 6.20 Å². The zero-order valence-corrected chi connectivity index (χ0v) is 7.62. The molecule has 78 valence electrons. The Labute approximate surface area is 82.7 Å². The number of nitrogens with two attached hydrogens (primary N) is 1. The summed E-state index contributed by atoms with van der Waals surface area (Å²) >= 11 is 0. The van der Waals surface area contributed by atoms with E-state index < -0.39 is 4.92 Å². The number of aromatic nitrogens is 4. The van der Waals surface area contributed by atoms with Gasteiger partial charge in [0.25, 0.3) is 5.82 Å². The molecule has 15 heavy (non-hydrogen) atoms. The maximum atomic E-state index is 10.5.